The van der Waals surface area contributed by atoms with Gasteiger partial charge in [0.2, 0.25) is 0 Å². The molecule has 0 saturated carbocycles. The van der Waals surface area contributed by atoms with Gasteiger partial charge < -0.3 is 15.2 Å². The first-order valence-electron chi connectivity index (χ1n) is 4.71. The Hall–Kier alpha value is -1.13. The minimum Gasteiger partial charge on any atom is -0.484 e. The predicted molar refractivity (Wildman–Crippen MR) is 52.1 cm³/mol. The fourth-order valence-corrected chi connectivity index (χ4v) is 1.21. The third-order valence-electron chi connectivity index (χ3n) is 2.14. The molecule has 76 valence electrons. The Labute approximate surface area is 83.0 Å². The molecule has 4 nitrogen and oxygen atoms in total. The van der Waals surface area contributed by atoms with Gasteiger partial charge in [-0.05, 0) is 19.1 Å². The normalized spacial score (nSPS) is 18.7. The summed E-state index contributed by atoms with van der Waals surface area (Å²) in [6.07, 6.45) is 1.90. The summed E-state index contributed by atoms with van der Waals surface area (Å²) in [7, 11) is 0. The van der Waals surface area contributed by atoms with Crippen molar-refractivity contribution in [1.29, 1.82) is 0 Å². The van der Waals surface area contributed by atoms with Crippen molar-refractivity contribution in [2.75, 3.05) is 13.2 Å². The van der Waals surface area contributed by atoms with E-state index in [1.165, 1.54) is 0 Å². The second kappa shape index (κ2) is 3.94. The number of nitrogens with two attached hydrogens (primary N) is 1. The summed E-state index contributed by atoms with van der Waals surface area (Å²) in [5.74, 6) is 0.780. The van der Waals surface area contributed by atoms with E-state index in [4.69, 9.17) is 15.2 Å². The van der Waals surface area contributed by atoms with Gasteiger partial charge in [0, 0.05) is 6.04 Å². The zero-order chi connectivity index (χ0) is 9.97. The summed E-state index contributed by atoms with van der Waals surface area (Å²) >= 11 is 0. The molecule has 1 fully saturated rings. The molecule has 0 amide bonds. The molecule has 0 bridgehead atoms. The van der Waals surface area contributed by atoms with Crippen molar-refractivity contribution in [3.8, 4) is 5.75 Å². The quantitative estimate of drug-likeness (QED) is 0.776. The third kappa shape index (κ3) is 2.02. The lowest BCUT2D eigenvalue weighted by molar-refractivity contribution is -0.0798. The molecule has 1 aromatic rings. The molecule has 4 heteroatoms. The zero-order valence-electron chi connectivity index (χ0n) is 8.14. The highest BCUT2D eigenvalue weighted by molar-refractivity contribution is 5.21. The standard InChI is InChI=1S/C10H14N2O2/c1-7(11)10-3-2-8(4-12-10)14-9-5-13-6-9/h2-4,7,9H,5-6,11H2,1H3/t7-/m1/s1. The summed E-state index contributed by atoms with van der Waals surface area (Å²) < 4.78 is 10.6. The lowest BCUT2D eigenvalue weighted by Gasteiger charge is -2.26. The van der Waals surface area contributed by atoms with Gasteiger partial charge in [0.25, 0.3) is 0 Å². The summed E-state index contributed by atoms with van der Waals surface area (Å²) in [5, 5.41) is 0. The van der Waals surface area contributed by atoms with Crippen molar-refractivity contribution in [3.63, 3.8) is 0 Å². The van der Waals surface area contributed by atoms with Gasteiger partial charge in [-0.15, -0.1) is 0 Å². The van der Waals surface area contributed by atoms with Gasteiger partial charge in [-0.25, -0.2) is 0 Å². The highest BCUT2D eigenvalue weighted by atomic mass is 16.6. The van der Waals surface area contributed by atoms with Crippen LogP contribution >= 0.6 is 0 Å². The van der Waals surface area contributed by atoms with Crippen LogP contribution < -0.4 is 10.5 Å². The first-order chi connectivity index (χ1) is 6.75. The Bertz CT molecular complexity index is 293. The molecule has 1 aliphatic rings. The Morgan fingerprint density at radius 1 is 1.57 bits per heavy atom. The van der Waals surface area contributed by atoms with Gasteiger partial charge in [-0.3, -0.25) is 4.98 Å². The van der Waals surface area contributed by atoms with Gasteiger partial charge in [0.1, 0.15) is 11.9 Å². The van der Waals surface area contributed by atoms with E-state index in [9.17, 15) is 0 Å². The van der Waals surface area contributed by atoms with Crippen molar-refractivity contribution in [2.24, 2.45) is 5.73 Å². The van der Waals surface area contributed by atoms with Crippen molar-refractivity contribution in [3.05, 3.63) is 24.0 Å². The highest BCUT2D eigenvalue weighted by Gasteiger charge is 2.19. The van der Waals surface area contributed by atoms with Crippen molar-refractivity contribution in [1.82, 2.24) is 4.98 Å². The van der Waals surface area contributed by atoms with Gasteiger partial charge in [-0.1, -0.05) is 0 Å². The molecule has 1 aliphatic heterocycles. The van der Waals surface area contributed by atoms with E-state index in [-0.39, 0.29) is 12.1 Å². The number of hydrogen-bond acceptors (Lipinski definition) is 4. The summed E-state index contributed by atoms with van der Waals surface area (Å²) in [5.41, 5.74) is 6.56. The van der Waals surface area contributed by atoms with E-state index in [1.54, 1.807) is 6.20 Å². The van der Waals surface area contributed by atoms with Crippen LogP contribution in [0.15, 0.2) is 18.3 Å². The van der Waals surface area contributed by atoms with Crippen LogP contribution in [0.5, 0.6) is 5.75 Å². The number of pyridine rings is 1. The van der Waals surface area contributed by atoms with Gasteiger partial charge in [-0.2, -0.15) is 0 Å². The molecule has 14 heavy (non-hydrogen) atoms. The maximum Gasteiger partial charge on any atom is 0.145 e. The molecule has 0 aromatic carbocycles. The van der Waals surface area contributed by atoms with Crippen LogP contribution in [0.2, 0.25) is 0 Å². The van der Waals surface area contributed by atoms with Crippen molar-refractivity contribution >= 4 is 0 Å². The van der Waals surface area contributed by atoms with Gasteiger partial charge in [0.15, 0.2) is 0 Å². The summed E-state index contributed by atoms with van der Waals surface area (Å²) in [4.78, 5) is 4.20. The fourth-order valence-electron chi connectivity index (χ4n) is 1.21. The van der Waals surface area contributed by atoms with E-state index in [2.05, 4.69) is 4.98 Å². The fraction of sp³-hybridized carbons (Fsp3) is 0.500. The number of ether oxygens (including phenoxy) is 2. The lowest BCUT2D eigenvalue weighted by Crippen LogP contribution is -2.38. The van der Waals surface area contributed by atoms with Crippen molar-refractivity contribution < 1.29 is 9.47 Å². The van der Waals surface area contributed by atoms with Crippen LogP contribution in [0.25, 0.3) is 0 Å². The van der Waals surface area contributed by atoms with Gasteiger partial charge in [0.05, 0.1) is 25.1 Å². The second-order valence-corrected chi connectivity index (χ2v) is 3.48. The molecular formula is C10H14N2O2. The third-order valence-corrected chi connectivity index (χ3v) is 2.14. The Morgan fingerprint density at radius 3 is 2.79 bits per heavy atom. The number of aromatic nitrogens is 1. The lowest BCUT2D eigenvalue weighted by atomic mass is 10.2. The highest BCUT2D eigenvalue weighted by Crippen LogP contribution is 2.16. The van der Waals surface area contributed by atoms with Crippen LogP contribution in [-0.4, -0.2) is 24.3 Å². The van der Waals surface area contributed by atoms with Crippen LogP contribution in [0.3, 0.4) is 0 Å². The van der Waals surface area contributed by atoms with Crippen LogP contribution in [-0.2, 0) is 4.74 Å². The maximum absolute atomic E-state index is 5.68. The average molecular weight is 194 g/mol. The molecule has 0 radical (unpaired) electrons. The van der Waals surface area contributed by atoms with Gasteiger partial charge >= 0.3 is 0 Å². The van der Waals surface area contributed by atoms with E-state index in [0.717, 1.165) is 11.4 Å². The topological polar surface area (TPSA) is 57.4 Å². The Balaban J connectivity index is 1.98. The molecule has 1 saturated heterocycles. The predicted octanol–water partition coefficient (Wildman–Crippen LogP) is 0.879. The first kappa shape index (κ1) is 9.43. The molecule has 2 N–H and O–H groups in total. The van der Waals surface area contributed by atoms with Crippen molar-refractivity contribution in [2.45, 2.75) is 19.1 Å². The SMILES string of the molecule is C[C@@H](N)c1ccc(OC2COC2)cn1. The van der Waals surface area contributed by atoms with Crippen LogP contribution in [0, 0.1) is 0 Å². The van der Waals surface area contributed by atoms with E-state index < -0.39 is 0 Å². The average Bonchev–Trinajstić information content (AvgIpc) is 2.12. The molecule has 2 rings (SSSR count). The number of hydrogen-bond donors (Lipinski definition) is 1. The second-order valence-electron chi connectivity index (χ2n) is 3.48. The Kier molecular flexibility index (Phi) is 2.65. The van der Waals surface area contributed by atoms with Crippen LogP contribution in [0.4, 0.5) is 0 Å². The smallest absolute Gasteiger partial charge is 0.145 e. The molecular weight excluding hydrogens is 180 g/mol. The summed E-state index contributed by atoms with van der Waals surface area (Å²) in [6, 6.07) is 3.75. The molecule has 1 atom stereocenters. The molecule has 0 spiro atoms. The number of nitrogens with zero attached hydrogens (tertiary/aromatic N) is 1. The van der Waals surface area contributed by atoms with E-state index >= 15 is 0 Å². The van der Waals surface area contributed by atoms with E-state index in [0.29, 0.717) is 13.2 Å². The number of rotatable bonds is 3. The zero-order valence-corrected chi connectivity index (χ0v) is 8.14. The monoisotopic (exact) mass is 194 g/mol. The minimum absolute atomic E-state index is 0.0314. The largest absolute Gasteiger partial charge is 0.484 e. The van der Waals surface area contributed by atoms with Crippen LogP contribution in [0.1, 0.15) is 18.7 Å². The summed E-state index contributed by atoms with van der Waals surface area (Å²) in [6.45, 7) is 3.26. The first-order valence-corrected chi connectivity index (χ1v) is 4.71. The molecule has 1 aromatic heterocycles. The molecule has 0 aliphatic carbocycles. The maximum atomic E-state index is 5.68. The van der Waals surface area contributed by atoms with E-state index in [1.807, 2.05) is 19.1 Å². The minimum atomic E-state index is -0.0314. The Morgan fingerprint density at radius 2 is 2.36 bits per heavy atom. The molecule has 2 heterocycles. The molecule has 0 unspecified atom stereocenters.